The molecule has 1 fully saturated rings. The summed E-state index contributed by atoms with van der Waals surface area (Å²) in [6.45, 7) is 0. The first kappa shape index (κ1) is 14.1. The number of nitrogens with one attached hydrogen (secondary N) is 1. The SMILES string of the molecule is CNC1CCCCC1.COC([SiH3])OC. The second kappa shape index (κ2) is 9.64. The van der Waals surface area contributed by atoms with E-state index in [1.165, 1.54) is 32.1 Å². The van der Waals surface area contributed by atoms with E-state index in [-0.39, 0.29) is 5.91 Å². The van der Waals surface area contributed by atoms with E-state index < -0.39 is 0 Å². The Labute approximate surface area is 91.0 Å². The summed E-state index contributed by atoms with van der Waals surface area (Å²) in [7, 11) is 6.29. The smallest absolute Gasteiger partial charge is 0.130 e. The van der Waals surface area contributed by atoms with Gasteiger partial charge in [-0.25, -0.2) is 0 Å². The van der Waals surface area contributed by atoms with Crippen molar-refractivity contribution >= 4 is 10.2 Å². The molecule has 0 aromatic heterocycles. The van der Waals surface area contributed by atoms with Crippen LogP contribution in [0.3, 0.4) is 0 Å². The lowest BCUT2D eigenvalue weighted by molar-refractivity contribution is -0.0411. The van der Waals surface area contributed by atoms with E-state index in [0.29, 0.717) is 0 Å². The van der Waals surface area contributed by atoms with E-state index in [4.69, 9.17) is 9.47 Å². The molecule has 0 heterocycles. The van der Waals surface area contributed by atoms with E-state index in [2.05, 4.69) is 12.4 Å². The van der Waals surface area contributed by atoms with Crippen LogP contribution in [0.1, 0.15) is 32.1 Å². The van der Waals surface area contributed by atoms with E-state index in [1.807, 2.05) is 0 Å². The van der Waals surface area contributed by atoms with Crippen LogP contribution in [0, 0.1) is 0 Å². The lowest BCUT2D eigenvalue weighted by Gasteiger charge is -2.20. The lowest BCUT2D eigenvalue weighted by Crippen LogP contribution is -2.26. The standard InChI is InChI=1S/C7H15N.C3H10O2Si/c1-8-7-5-3-2-4-6-7;1-4-3(6)5-2/h7-8H,2-6H2,1H3;3H,1-2,6H3. The topological polar surface area (TPSA) is 30.5 Å². The summed E-state index contributed by atoms with van der Waals surface area (Å²) >= 11 is 0. The van der Waals surface area contributed by atoms with Crippen LogP contribution < -0.4 is 5.32 Å². The Hall–Kier alpha value is 0.0969. The van der Waals surface area contributed by atoms with Gasteiger partial charge in [0.25, 0.3) is 0 Å². The van der Waals surface area contributed by atoms with E-state index in [9.17, 15) is 0 Å². The predicted molar refractivity (Wildman–Crippen MR) is 63.7 cm³/mol. The molecule has 1 rings (SSSR count). The zero-order valence-corrected chi connectivity index (χ0v) is 12.0. The number of methoxy groups -OCH3 is 2. The third kappa shape index (κ3) is 7.50. The first-order chi connectivity index (χ1) is 6.74. The first-order valence-corrected chi connectivity index (χ1v) is 6.63. The fraction of sp³-hybridized carbons (Fsp3) is 1.00. The van der Waals surface area contributed by atoms with Gasteiger partial charge in [0.2, 0.25) is 0 Å². The van der Waals surface area contributed by atoms with Crippen molar-refractivity contribution in [1.29, 1.82) is 0 Å². The van der Waals surface area contributed by atoms with Crippen LogP contribution >= 0.6 is 0 Å². The zero-order valence-electron chi connectivity index (χ0n) is 10.0. The van der Waals surface area contributed by atoms with Gasteiger partial charge in [0.15, 0.2) is 0 Å². The highest BCUT2D eigenvalue weighted by Crippen LogP contribution is 2.16. The van der Waals surface area contributed by atoms with Gasteiger partial charge in [-0.1, -0.05) is 19.3 Å². The predicted octanol–water partition coefficient (Wildman–Crippen LogP) is 0.467. The largest absolute Gasteiger partial charge is 0.361 e. The lowest BCUT2D eigenvalue weighted by atomic mass is 9.96. The van der Waals surface area contributed by atoms with Crippen molar-refractivity contribution in [2.24, 2.45) is 0 Å². The number of hydrogen-bond donors (Lipinski definition) is 1. The molecule has 1 aliphatic carbocycles. The monoisotopic (exact) mass is 219 g/mol. The van der Waals surface area contributed by atoms with Crippen molar-refractivity contribution in [1.82, 2.24) is 5.32 Å². The van der Waals surface area contributed by atoms with Crippen LogP contribution in [0.15, 0.2) is 0 Å². The Kier molecular flexibility index (Phi) is 9.71. The van der Waals surface area contributed by atoms with Crippen LogP contribution in [-0.4, -0.2) is 43.5 Å². The van der Waals surface area contributed by atoms with Crippen molar-refractivity contribution in [3.8, 4) is 0 Å². The molecule has 3 nitrogen and oxygen atoms in total. The molecule has 0 saturated heterocycles. The third-order valence-corrected chi connectivity index (χ3v) is 3.62. The summed E-state index contributed by atoms with van der Waals surface area (Å²) in [6.07, 6.45) is 7.13. The minimum absolute atomic E-state index is 0.0741. The maximum atomic E-state index is 4.74. The van der Waals surface area contributed by atoms with Crippen LogP contribution in [0.2, 0.25) is 0 Å². The highest BCUT2D eigenvalue weighted by molar-refractivity contribution is 6.09. The van der Waals surface area contributed by atoms with E-state index >= 15 is 0 Å². The fourth-order valence-electron chi connectivity index (χ4n) is 1.49. The summed E-state index contributed by atoms with van der Waals surface area (Å²) in [5, 5.41) is 3.30. The molecule has 4 heteroatoms. The maximum absolute atomic E-state index is 4.74. The molecule has 1 aliphatic rings. The minimum Gasteiger partial charge on any atom is -0.361 e. The fourth-order valence-corrected chi connectivity index (χ4v) is 1.49. The van der Waals surface area contributed by atoms with Crippen molar-refractivity contribution in [2.75, 3.05) is 21.3 Å². The Morgan fingerprint density at radius 3 is 1.86 bits per heavy atom. The van der Waals surface area contributed by atoms with Gasteiger partial charge in [0.05, 0.1) is 10.2 Å². The van der Waals surface area contributed by atoms with Gasteiger partial charge in [-0.2, -0.15) is 0 Å². The second-order valence-corrected chi connectivity index (χ2v) is 4.61. The minimum atomic E-state index is 0.0741. The molecule has 1 N–H and O–H groups in total. The van der Waals surface area contributed by atoms with Crippen molar-refractivity contribution in [3.63, 3.8) is 0 Å². The van der Waals surface area contributed by atoms with E-state index in [0.717, 1.165) is 16.3 Å². The van der Waals surface area contributed by atoms with Gasteiger partial charge in [-0.3, -0.25) is 0 Å². The first-order valence-electron chi connectivity index (χ1n) is 5.47. The molecule has 1 saturated carbocycles. The molecular weight excluding hydrogens is 194 g/mol. The molecule has 0 bridgehead atoms. The molecule has 0 spiro atoms. The molecule has 0 aromatic carbocycles. The molecule has 14 heavy (non-hydrogen) atoms. The van der Waals surface area contributed by atoms with Gasteiger partial charge < -0.3 is 14.8 Å². The van der Waals surface area contributed by atoms with Gasteiger partial charge in [-0.15, -0.1) is 0 Å². The normalized spacial score (nSPS) is 18.0. The molecule has 0 aliphatic heterocycles. The number of hydrogen-bond acceptors (Lipinski definition) is 3. The molecule has 0 atom stereocenters. The average Bonchev–Trinajstić information content (AvgIpc) is 2.30. The molecule has 0 amide bonds. The number of ether oxygens (including phenoxy) is 2. The van der Waals surface area contributed by atoms with Crippen LogP contribution in [0.5, 0.6) is 0 Å². The van der Waals surface area contributed by atoms with Gasteiger partial charge in [0, 0.05) is 20.3 Å². The Morgan fingerprint density at radius 2 is 1.64 bits per heavy atom. The number of rotatable bonds is 3. The summed E-state index contributed by atoms with van der Waals surface area (Å²) in [6, 6.07) is 0.837. The van der Waals surface area contributed by atoms with Crippen LogP contribution in [-0.2, 0) is 9.47 Å². The maximum Gasteiger partial charge on any atom is 0.130 e. The van der Waals surface area contributed by atoms with Crippen molar-refractivity contribution < 1.29 is 9.47 Å². The van der Waals surface area contributed by atoms with E-state index in [1.54, 1.807) is 14.2 Å². The van der Waals surface area contributed by atoms with Crippen molar-refractivity contribution in [2.45, 2.75) is 44.1 Å². The Morgan fingerprint density at radius 1 is 1.14 bits per heavy atom. The van der Waals surface area contributed by atoms with Crippen LogP contribution in [0.25, 0.3) is 0 Å². The quantitative estimate of drug-likeness (QED) is 0.553. The van der Waals surface area contributed by atoms with Crippen molar-refractivity contribution in [3.05, 3.63) is 0 Å². The molecule has 0 aromatic rings. The average molecular weight is 219 g/mol. The van der Waals surface area contributed by atoms with Gasteiger partial charge >= 0.3 is 0 Å². The molecule has 0 radical (unpaired) electrons. The molecular formula is C10H25NO2Si. The summed E-state index contributed by atoms with van der Waals surface area (Å²) < 4.78 is 9.48. The highest BCUT2D eigenvalue weighted by Gasteiger charge is 2.09. The van der Waals surface area contributed by atoms with Gasteiger partial charge in [0.1, 0.15) is 5.91 Å². The summed E-state index contributed by atoms with van der Waals surface area (Å²) in [5.41, 5.74) is 0. The second-order valence-electron chi connectivity index (χ2n) is 3.66. The van der Waals surface area contributed by atoms with Gasteiger partial charge in [-0.05, 0) is 19.9 Å². The summed E-state index contributed by atoms with van der Waals surface area (Å²) in [5.74, 6) is 0.0741. The zero-order chi connectivity index (χ0) is 10.8. The molecule has 0 unspecified atom stereocenters. The highest BCUT2D eigenvalue weighted by atomic mass is 28.1. The Bertz CT molecular complexity index is 115. The molecule has 86 valence electrons. The third-order valence-electron chi connectivity index (χ3n) is 2.68. The van der Waals surface area contributed by atoms with Crippen LogP contribution in [0.4, 0.5) is 0 Å². The Balaban J connectivity index is 0.000000255. The summed E-state index contributed by atoms with van der Waals surface area (Å²) in [4.78, 5) is 0.